The third-order valence-corrected chi connectivity index (χ3v) is 6.34. The lowest BCUT2D eigenvalue weighted by atomic mass is 9.95. The zero-order chi connectivity index (χ0) is 13.4. The van der Waals surface area contributed by atoms with Gasteiger partial charge in [-0.1, -0.05) is 18.2 Å². The number of hydrogen-bond acceptors (Lipinski definition) is 3. The van der Waals surface area contributed by atoms with E-state index in [2.05, 4.69) is 34.5 Å². The fourth-order valence-corrected chi connectivity index (χ4v) is 5.30. The molecule has 4 rings (SSSR count). The highest BCUT2D eigenvalue weighted by Crippen LogP contribution is 2.37. The molecule has 1 aromatic carbocycles. The molecule has 3 aliphatic heterocycles. The van der Waals surface area contributed by atoms with Gasteiger partial charge in [-0.05, 0) is 62.6 Å². The summed E-state index contributed by atoms with van der Waals surface area (Å²) in [4.78, 5) is 4.21. The largest absolute Gasteiger partial charge is 0.307 e. The van der Waals surface area contributed by atoms with Gasteiger partial charge in [-0.15, -0.1) is 11.8 Å². The Kier molecular flexibility index (Phi) is 3.76. The topological polar surface area (TPSA) is 15.3 Å². The van der Waals surface area contributed by atoms with Crippen molar-refractivity contribution < 1.29 is 0 Å². The summed E-state index contributed by atoms with van der Waals surface area (Å²) in [7, 11) is 0. The molecule has 0 radical (unpaired) electrons. The van der Waals surface area contributed by atoms with Crippen molar-refractivity contribution in [2.45, 2.75) is 55.1 Å². The van der Waals surface area contributed by atoms with Gasteiger partial charge < -0.3 is 10.2 Å². The summed E-state index contributed by atoms with van der Waals surface area (Å²) in [5.74, 6) is 1.26. The van der Waals surface area contributed by atoms with Crippen molar-refractivity contribution in [1.29, 1.82) is 0 Å². The first-order valence-corrected chi connectivity index (χ1v) is 9.10. The van der Waals surface area contributed by atoms with Crippen molar-refractivity contribution in [3.05, 3.63) is 29.8 Å². The van der Waals surface area contributed by atoms with Crippen LogP contribution in [-0.4, -0.2) is 35.8 Å². The van der Waals surface area contributed by atoms with Crippen LogP contribution in [0.5, 0.6) is 0 Å². The quantitative estimate of drug-likeness (QED) is 0.897. The molecule has 0 bridgehead atoms. The highest BCUT2D eigenvalue weighted by molar-refractivity contribution is 7.99. The summed E-state index contributed by atoms with van der Waals surface area (Å²) in [6.45, 7) is 2.66. The van der Waals surface area contributed by atoms with Gasteiger partial charge in [-0.2, -0.15) is 0 Å². The molecular weight excluding hydrogens is 264 g/mol. The van der Waals surface area contributed by atoms with Crippen LogP contribution in [0.15, 0.2) is 29.2 Å². The van der Waals surface area contributed by atoms with Gasteiger partial charge in [0.1, 0.15) is 0 Å². The van der Waals surface area contributed by atoms with Crippen molar-refractivity contribution in [2.24, 2.45) is 0 Å². The Morgan fingerprint density at radius 3 is 3.05 bits per heavy atom. The Labute approximate surface area is 126 Å². The monoisotopic (exact) mass is 288 g/mol. The minimum atomic E-state index is 0.588. The number of rotatable bonds is 2. The molecule has 3 atom stereocenters. The standard InChI is InChI=1S/C17H24N2S/c1-2-6-17-15(5-1)16(8-11-20-17)18-13-7-10-19-9-3-4-14(19)12-13/h1-2,5-6,13-14,16,18H,3-4,7-12H2. The maximum atomic E-state index is 3.99. The summed E-state index contributed by atoms with van der Waals surface area (Å²) in [5, 5.41) is 3.99. The van der Waals surface area contributed by atoms with E-state index in [9.17, 15) is 0 Å². The maximum absolute atomic E-state index is 3.99. The molecule has 0 spiro atoms. The smallest absolute Gasteiger partial charge is 0.0341 e. The Hall–Kier alpha value is -0.510. The van der Waals surface area contributed by atoms with E-state index in [4.69, 9.17) is 0 Å². The van der Waals surface area contributed by atoms with Crippen LogP contribution in [0.4, 0.5) is 0 Å². The first kappa shape index (κ1) is 13.2. The number of thioether (sulfide) groups is 1. The van der Waals surface area contributed by atoms with E-state index in [1.54, 1.807) is 0 Å². The minimum Gasteiger partial charge on any atom is -0.307 e. The number of piperidine rings is 1. The zero-order valence-corrected chi connectivity index (χ0v) is 12.9. The van der Waals surface area contributed by atoms with Crippen molar-refractivity contribution in [1.82, 2.24) is 10.2 Å². The lowest BCUT2D eigenvalue weighted by Gasteiger charge is -2.38. The highest BCUT2D eigenvalue weighted by atomic mass is 32.2. The minimum absolute atomic E-state index is 0.588. The number of nitrogens with one attached hydrogen (secondary N) is 1. The van der Waals surface area contributed by atoms with Crippen molar-refractivity contribution >= 4 is 11.8 Å². The lowest BCUT2D eigenvalue weighted by molar-refractivity contribution is 0.160. The van der Waals surface area contributed by atoms with E-state index in [1.165, 1.54) is 61.4 Å². The Bertz CT molecular complexity index is 476. The zero-order valence-electron chi connectivity index (χ0n) is 12.1. The van der Waals surface area contributed by atoms with Crippen LogP contribution in [0.2, 0.25) is 0 Å². The van der Waals surface area contributed by atoms with Gasteiger partial charge in [-0.25, -0.2) is 0 Å². The van der Waals surface area contributed by atoms with Gasteiger partial charge in [0.2, 0.25) is 0 Å². The second kappa shape index (κ2) is 5.70. The molecule has 3 unspecified atom stereocenters. The van der Waals surface area contributed by atoms with Gasteiger partial charge in [0.15, 0.2) is 0 Å². The summed E-state index contributed by atoms with van der Waals surface area (Å²) in [6, 6.07) is 11.2. The molecule has 108 valence electrons. The average molecular weight is 288 g/mol. The highest BCUT2D eigenvalue weighted by Gasteiger charge is 2.33. The molecule has 3 aliphatic rings. The van der Waals surface area contributed by atoms with Gasteiger partial charge in [0.05, 0.1) is 0 Å². The van der Waals surface area contributed by atoms with E-state index < -0.39 is 0 Å². The van der Waals surface area contributed by atoms with Crippen LogP contribution in [0.25, 0.3) is 0 Å². The molecule has 0 amide bonds. The number of benzene rings is 1. The van der Waals surface area contributed by atoms with Gasteiger partial charge in [0.25, 0.3) is 0 Å². The summed E-state index contributed by atoms with van der Waals surface area (Å²) >= 11 is 2.02. The SMILES string of the molecule is c1ccc2c(c1)SCCC2NC1CCN2CCCC2C1. The van der Waals surface area contributed by atoms with Crippen LogP contribution >= 0.6 is 11.8 Å². The predicted octanol–water partition coefficient (Wildman–Crippen LogP) is 3.44. The second-order valence-corrected chi connectivity index (χ2v) is 7.58. The summed E-state index contributed by atoms with van der Waals surface area (Å²) in [6.07, 6.45) is 6.83. The molecule has 3 heteroatoms. The fourth-order valence-electron chi connectivity index (χ4n) is 4.18. The number of fused-ring (bicyclic) bond motifs is 2. The molecule has 3 heterocycles. The predicted molar refractivity (Wildman–Crippen MR) is 85.3 cm³/mol. The van der Waals surface area contributed by atoms with Gasteiger partial charge >= 0.3 is 0 Å². The molecule has 0 aliphatic carbocycles. The van der Waals surface area contributed by atoms with E-state index in [0.717, 1.165) is 12.1 Å². The summed E-state index contributed by atoms with van der Waals surface area (Å²) in [5.41, 5.74) is 1.54. The second-order valence-electron chi connectivity index (χ2n) is 6.45. The number of hydrogen-bond donors (Lipinski definition) is 1. The first-order chi connectivity index (χ1) is 9.90. The van der Waals surface area contributed by atoms with E-state index in [-0.39, 0.29) is 0 Å². The Balaban J connectivity index is 1.45. The molecule has 1 N–H and O–H groups in total. The van der Waals surface area contributed by atoms with E-state index in [1.807, 2.05) is 11.8 Å². The molecule has 20 heavy (non-hydrogen) atoms. The van der Waals surface area contributed by atoms with Crippen molar-refractivity contribution in [3.63, 3.8) is 0 Å². The lowest BCUT2D eigenvalue weighted by Crippen LogP contribution is -2.46. The fraction of sp³-hybridized carbons (Fsp3) is 0.647. The third-order valence-electron chi connectivity index (χ3n) is 5.22. The average Bonchev–Trinajstić information content (AvgIpc) is 2.95. The molecular formula is C17H24N2S. The Morgan fingerprint density at radius 2 is 2.05 bits per heavy atom. The first-order valence-electron chi connectivity index (χ1n) is 8.12. The van der Waals surface area contributed by atoms with Crippen LogP contribution in [0, 0.1) is 0 Å². The van der Waals surface area contributed by atoms with Crippen molar-refractivity contribution in [2.75, 3.05) is 18.8 Å². The molecule has 1 aromatic rings. The third kappa shape index (κ3) is 2.51. The van der Waals surface area contributed by atoms with Gasteiger partial charge in [0, 0.05) is 23.0 Å². The molecule has 2 fully saturated rings. The molecule has 0 saturated carbocycles. The molecule has 2 saturated heterocycles. The molecule has 2 nitrogen and oxygen atoms in total. The van der Waals surface area contributed by atoms with Crippen LogP contribution in [0.3, 0.4) is 0 Å². The number of nitrogens with zero attached hydrogens (tertiary/aromatic N) is 1. The van der Waals surface area contributed by atoms with Crippen LogP contribution in [0.1, 0.15) is 43.7 Å². The molecule has 0 aromatic heterocycles. The van der Waals surface area contributed by atoms with E-state index >= 15 is 0 Å². The normalized spacial score (nSPS) is 33.7. The van der Waals surface area contributed by atoms with Gasteiger partial charge in [-0.3, -0.25) is 0 Å². The van der Waals surface area contributed by atoms with E-state index in [0.29, 0.717) is 6.04 Å². The Morgan fingerprint density at radius 1 is 1.10 bits per heavy atom. The van der Waals surface area contributed by atoms with Crippen molar-refractivity contribution in [3.8, 4) is 0 Å². The summed E-state index contributed by atoms with van der Waals surface area (Å²) < 4.78 is 0. The van der Waals surface area contributed by atoms with Crippen LogP contribution in [-0.2, 0) is 0 Å². The van der Waals surface area contributed by atoms with Crippen LogP contribution < -0.4 is 5.32 Å². The maximum Gasteiger partial charge on any atom is 0.0341 e.